The topological polar surface area (TPSA) is 26.3 Å². The second kappa shape index (κ2) is 30.9. The van der Waals surface area contributed by atoms with Crippen LogP contribution in [-0.4, -0.2) is 24.1 Å². The van der Waals surface area contributed by atoms with Gasteiger partial charge in [-0.1, -0.05) is 155 Å². The summed E-state index contributed by atoms with van der Waals surface area (Å²) >= 11 is 1.92. The molecule has 0 aromatic carbocycles. The summed E-state index contributed by atoms with van der Waals surface area (Å²) in [6, 6.07) is 0. The molecule has 2 nitrogen and oxygen atoms in total. The third kappa shape index (κ3) is 29.9. The molecule has 0 unspecified atom stereocenters. The highest BCUT2D eigenvalue weighted by Crippen LogP contribution is 2.14. The van der Waals surface area contributed by atoms with Crippen molar-refractivity contribution in [1.29, 1.82) is 0 Å². The van der Waals surface area contributed by atoms with Crippen LogP contribution < -0.4 is 0 Å². The van der Waals surface area contributed by atoms with Gasteiger partial charge in [-0.05, 0) is 18.6 Å². The Hall–Kier alpha value is -0.180. The van der Waals surface area contributed by atoms with Gasteiger partial charge < -0.3 is 4.74 Å². The van der Waals surface area contributed by atoms with E-state index in [4.69, 9.17) is 4.74 Å². The molecule has 0 saturated heterocycles. The van der Waals surface area contributed by atoms with Crippen LogP contribution >= 0.6 is 11.8 Å². The van der Waals surface area contributed by atoms with Crippen molar-refractivity contribution in [2.75, 3.05) is 18.1 Å². The molecule has 0 aromatic rings. The first-order valence-electron chi connectivity index (χ1n) is 15.5. The standard InChI is InChI=1S/C31H62O2S/c1-3-5-7-9-11-13-15-17-19-21-23-25-28-33-31(32)27-30-34-29-26-24-22-20-18-16-14-12-10-8-6-4-2/h3-30H2,1-2H3. The van der Waals surface area contributed by atoms with E-state index in [0.717, 1.165) is 12.2 Å². The van der Waals surface area contributed by atoms with Gasteiger partial charge in [-0.2, -0.15) is 11.8 Å². The van der Waals surface area contributed by atoms with E-state index in [0.29, 0.717) is 13.0 Å². The summed E-state index contributed by atoms with van der Waals surface area (Å²) < 4.78 is 5.40. The van der Waals surface area contributed by atoms with Crippen LogP contribution in [0.4, 0.5) is 0 Å². The SMILES string of the molecule is CCCCCCCCCCCCCCOC(=O)CCSCCCCCCCCCCCCCC. The van der Waals surface area contributed by atoms with Gasteiger partial charge in [0, 0.05) is 5.75 Å². The molecule has 0 rings (SSSR count). The Kier molecular flexibility index (Phi) is 30.7. The third-order valence-corrected chi connectivity index (χ3v) is 7.92. The summed E-state index contributed by atoms with van der Waals surface area (Å²) in [5.74, 6) is 2.13. The first-order chi connectivity index (χ1) is 16.8. The summed E-state index contributed by atoms with van der Waals surface area (Å²) in [7, 11) is 0. The minimum Gasteiger partial charge on any atom is -0.466 e. The van der Waals surface area contributed by atoms with E-state index in [1.54, 1.807) is 0 Å². The molecule has 0 saturated carbocycles. The number of ether oxygens (including phenoxy) is 1. The highest BCUT2D eigenvalue weighted by Gasteiger charge is 2.03. The number of thioether (sulfide) groups is 1. The first-order valence-corrected chi connectivity index (χ1v) is 16.7. The Morgan fingerprint density at radius 2 is 0.824 bits per heavy atom. The fourth-order valence-corrected chi connectivity index (χ4v) is 5.43. The van der Waals surface area contributed by atoms with Crippen molar-refractivity contribution >= 4 is 17.7 Å². The molecule has 0 radical (unpaired) electrons. The molecule has 0 atom stereocenters. The monoisotopic (exact) mass is 498 g/mol. The second-order valence-corrected chi connectivity index (χ2v) is 11.6. The average Bonchev–Trinajstić information content (AvgIpc) is 2.84. The normalized spacial score (nSPS) is 11.2. The number of esters is 1. The lowest BCUT2D eigenvalue weighted by Crippen LogP contribution is -2.07. The molecule has 204 valence electrons. The van der Waals surface area contributed by atoms with Gasteiger partial charge in [0.2, 0.25) is 0 Å². The smallest absolute Gasteiger partial charge is 0.306 e. The molecule has 0 aliphatic heterocycles. The van der Waals surface area contributed by atoms with Crippen LogP contribution in [0.1, 0.15) is 174 Å². The molecule has 0 amide bonds. The lowest BCUT2D eigenvalue weighted by atomic mass is 10.1. The van der Waals surface area contributed by atoms with Gasteiger partial charge >= 0.3 is 5.97 Å². The van der Waals surface area contributed by atoms with Gasteiger partial charge in [0.05, 0.1) is 13.0 Å². The molecule has 0 fully saturated rings. The van der Waals surface area contributed by atoms with E-state index in [-0.39, 0.29) is 5.97 Å². The number of hydrogen-bond donors (Lipinski definition) is 0. The van der Waals surface area contributed by atoms with Crippen molar-refractivity contribution in [1.82, 2.24) is 0 Å². The number of rotatable bonds is 29. The number of carbonyl (C=O) groups excluding carboxylic acids is 1. The summed E-state index contributed by atoms with van der Waals surface area (Å²) in [4.78, 5) is 11.8. The predicted octanol–water partition coefficient (Wildman–Crippen LogP) is 11.1. The van der Waals surface area contributed by atoms with E-state index in [9.17, 15) is 4.79 Å². The summed E-state index contributed by atoms with van der Waals surface area (Å²) in [5.41, 5.74) is 0. The van der Waals surface area contributed by atoms with Gasteiger partial charge in [0.15, 0.2) is 0 Å². The molecule has 0 spiro atoms. The van der Waals surface area contributed by atoms with Gasteiger partial charge in [0.25, 0.3) is 0 Å². The van der Waals surface area contributed by atoms with E-state index >= 15 is 0 Å². The zero-order chi connectivity index (χ0) is 24.8. The quantitative estimate of drug-likeness (QED) is 0.0757. The third-order valence-electron chi connectivity index (χ3n) is 6.85. The minimum absolute atomic E-state index is 0.00488. The fourth-order valence-electron chi connectivity index (χ4n) is 4.50. The van der Waals surface area contributed by atoms with Crippen molar-refractivity contribution in [3.8, 4) is 0 Å². The van der Waals surface area contributed by atoms with E-state index < -0.39 is 0 Å². The minimum atomic E-state index is 0.00488. The maximum absolute atomic E-state index is 11.8. The van der Waals surface area contributed by atoms with Gasteiger partial charge in [-0.3, -0.25) is 4.79 Å². The van der Waals surface area contributed by atoms with Crippen LogP contribution in [0, 0.1) is 0 Å². The largest absolute Gasteiger partial charge is 0.466 e. The summed E-state index contributed by atoms with van der Waals surface area (Å²) in [6.07, 6.45) is 33.5. The molecule has 0 aliphatic rings. The highest BCUT2D eigenvalue weighted by atomic mass is 32.2. The molecule has 0 bridgehead atoms. The Morgan fingerprint density at radius 1 is 0.471 bits per heavy atom. The predicted molar refractivity (Wildman–Crippen MR) is 155 cm³/mol. The highest BCUT2D eigenvalue weighted by molar-refractivity contribution is 7.99. The average molecular weight is 499 g/mol. The molecule has 34 heavy (non-hydrogen) atoms. The molecule has 0 aliphatic carbocycles. The maximum Gasteiger partial charge on any atom is 0.306 e. The Morgan fingerprint density at radius 3 is 1.24 bits per heavy atom. The van der Waals surface area contributed by atoms with Crippen LogP contribution in [0.5, 0.6) is 0 Å². The van der Waals surface area contributed by atoms with Crippen molar-refractivity contribution < 1.29 is 9.53 Å². The van der Waals surface area contributed by atoms with Gasteiger partial charge in [-0.25, -0.2) is 0 Å². The van der Waals surface area contributed by atoms with Crippen LogP contribution in [0.3, 0.4) is 0 Å². The summed E-state index contributed by atoms with van der Waals surface area (Å²) in [5, 5.41) is 0. The van der Waals surface area contributed by atoms with Gasteiger partial charge in [0.1, 0.15) is 0 Å². The van der Waals surface area contributed by atoms with E-state index in [2.05, 4.69) is 13.8 Å². The first kappa shape index (κ1) is 33.8. The summed E-state index contributed by atoms with van der Waals surface area (Å²) in [6.45, 7) is 5.19. The van der Waals surface area contributed by atoms with Crippen LogP contribution in [0.2, 0.25) is 0 Å². The zero-order valence-electron chi connectivity index (χ0n) is 23.5. The molecular weight excluding hydrogens is 436 g/mol. The van der Waals surface area contributed by atoms with E-state index in [1.807, 2.05) is 11.8 Å². The van der Waals surface area contributed by atoms with Crippen LogP contribution in [0.15, 0.2) is 0 Å². The second-order valence-electron chi connectivity index (χ2n) is 10.4. The van der Waals surface area contributed by atoms with Gasteiger partial charge in [-0.15, -0.1) is 0 Å². The van der Waals surface area contributed by atoms with Crippen LogP contribution in [0.25, 0.3) is 0 Å². The van der Waals surface area contributed by atoms with Crippen molar-refractivity contribution in [2.24, 2.45) is 0 Å². The number of hydrogen-bond acceptors (Lipinski definition) is 3. The lowest BCUT2D eigenvalue weighted by molar-refractivity contribution is -0.143. The fraction of sp³-hybridized carbons (Fsp3) is 0.968. The molecule has 0 N–H and O–H groups in total. The Labute approximate surface area is 219 Å². The number of unbranched alkanes of at least 4 members (excludes halogenated alkanes) is 22. The van der Waals surface area contributed by atoms with E-state index in [1.165, 1.54) is 153 Å². The molecule has 0 heterocycles. The number of carbonyl (C=O) groups is 1. The van der Waals surface area contributed by atoms with Crippen molar-refractivity contribution in [3.63, 3.8) is 0 Å². The van der Waals surface area contributed by atoms with Crippen molar-refractivity contribution in [2.45, 2.75) is 174 Å². The molecule has 0 aromatic heterocycles. The molecular formula is C31H62O2S. The Balaban J connectivity index is 3.14. The van der Waals surface area contributed by atoms with Crippen molar-refractivity contribution in [3.05, 3.63) is 0 Å². The molecule has 3 heteroatoms. The Bertz CT molecular complexity index is 386. The lowest BCUT2D eigenvalue weighted by Gasteiger charge is -2.06. The zero-order valence-corrected chi connectivity index (χ0v) is 24.3. The van der Waals surface area contributed by atoms with Crippen LogP contribution in [-0.2, 0) is 9.53 Å². The maximum atomic E-state index is 11.8.